The van der Waals surface area contributed by atoms with Gasteiger partial charge in [0.25, 0.3) is 0 Å². The first-order valence-corrected chi connectivity index (χ1v) is 6.63. The van der Waals surface area contributed by atoms with Gasteiger partial charge in [-0.1, -0.05) is 23.5 Å². The first-order valence-electron chi connectivity index (χ1n) is 5.81. The summed E-state index contributed by atoms with van der Waals surface area (Å²) < 4.78 is 6.27. The molecule has 4 nitrogen and oxygen atoms in total. The molecule has 94 valence electrons. The number of fused-ring (bicyclic) bond motifs is 1. The molecule has 0 aliphatic heterocycles. The SMILES string of the molecule is COCCN(CCC#N)c1nc2ccccc2s1. The Kier molecular flexibility index (Phi) is 4.51. The fraction of sp³-hybridized carbons (Fsp3) is 0.385. The van der Waals surface area contributed by atoms with Gasteiger partial charge in [-0.05, 0) is 12.1 Å². The highest BCUT2D eigenvalue weighted by Gasteiger charge is 2.11. The van der Waals surface area contributed by atoms with E-state index in [-0.39, 0.29) is 0 Å². The summed E-state index contributed by atoms with van der Waals surface area (Å²) in [5.74, 6) is 0. The van der Waals surface area contributed by atoms with Gasteiger partial charge in [-0.2, -0.15) is 5.26 Å². The van der Waals surface area contributed by atoms with Crippen molar-refractivity contribution < 1.29 is 4.74 Å². The van der Waals surface area contributed by atoms with E-state index in [1.807, 2.05) is 18.2 Å². The molecule has 0 spiro atoms. The largest absolute Gasteiger partial charge is 0.383 e. The van der Waals surface area contributed by atoms with Crippen LogP contribution in [0.25, 0.3) is 10.2 Å². The molecule has 0 saturated carbocycles. The summed E-state index contributed by atoms with van der Waals surface area (Å²) in [6.07, 6.45) is 0.500. The Morgan fingerprint density at radius 1 is 1.39 bits per heavy atom. The second kappa shape index (κ2) is 6.34. The standard InChI is InChI=1S/C13H15N3OS/c1-17-10-9-16(8-4-7-14)13-15-11-5-2-3-6-12(11)18-13/h2-3,5-6H,4,8-10H2,1H3. The van der Waals surface area contributed by atoms with E-state index in [1.165, 1.54) is 4.70 Å². The van der Waals surface area contributed by atoms with Crippen LogP contribution in [0.1, 0.15) is 6.42 Å². The summed E-state index contributed by atoms with van der Waals surface area (Å²) in [7, 11) is 1.68. The van der Waals surface area contributed by atoms with Crippen LogP contribution in [0.2, 0.25) is 0 Å². The summed E-state index contributed by atoms with van der Waals surface area (Å²) in [5.41, 5.74) is 1.01. The number of nitriles is 1. The molecule has 0 fully saturated rings. The third kappa shape index (κ3) is 2.97. The molecule has 18 heavy (non-hydrogen) atoms. The normalized spacial score (nSPS) is 10.4. The van der Waals surface area contributed by atoms with Crippen molar-refractivity contribution in [3.8, 4) is 6.07 Å². The topological polar surface area (TPSA) is 49.1 Å². The van der Waals surface area contributed by atoms with Crippen molar-refractivity contribution in [1.82, 2.24) is 4.98 Å². The third-order valence-electron chi connectivity index (χ3n) is 2.61. The Morgan fingerprint density at radius 3 is 2.94 bits per heavy atom. The molecule has 1 aromatic carbocycles. The lowest BCUT2D eigenvalue weighted by molar-refractivity contribution is 0.205. The van der Waals surface area contributed by atoms with E-state index < -0.39 is 0 Å². The predicted molar refractivity (Wildman–Crippen MR) is 73.9 cm³/mol. The molecule has 0 saturated heterocycles. The van der Waals surface area contributed by atoms with Crippen molar-refractivity contribution in [2.75, 3.05) is 31.7 Å². The molecule has 0 radical (unpaired) electrons. The van der Waals surface area contributed by atoms with Gasteiger partial charge >= 0.3 is 0 Å². The Hall–Kier alpha value is -1.64. The van der Waals surface area contributed by atoms with Gasteiger partial charge in [-0.3, -0.25) is 0 Å². The molecule has 0 aliphatic carbocycles. The van der Waals surface area contributed by atoms with Crippen LogP contribution in [0.3, 0.4) is 0 Å². The van der Waals surface area contributed by atoms with Crippen LogP contribution < -0.4 is 4.90 Å². The van der Waals surface area contributed by atoms with Crippen LogP contribution >= 0.6 is 11.3 Å². The lowest BCUT2D eigenvalue weighted by atomic mass is 10.3. The number of hydrogen-bond donors (Lipinski definition) is 0. The van der Waals surface area contributed by atoms with Crippen molar-refractivity contribution >= 4 is 26.7 Å². The van der Waals surface area contributed by atoms with Crippen LogP contribution in [-0.2, 0) is 4.74 Å². The summed E-state index contributed by atoms with van der Waals surface area (Å²) >= 11 is 1.66. The number of methoxy groups -OCH3 is 1. The molecular weight excluding hydrogens is 246 g/mol. The zero-order valence-electron chi connectivity index (χ0n) is 10.3. The number of aromatic nitrogens is 1. The summed E-state index contributed by atoms with van der Waals surface area (Å²) in [6, 6.07) is 10.2. The second-order valence-electron chi connectivity index (χ2n) is 3.85. The lowest BCUT2D eigenvalue weighted by Gasteiger charge is -2.19. The molecule has 1 aromatic heterocycles. The fourth-order valence-electron chi connectivity index (χ4n) is 1.68. The van der Waals surface area contributed by atoms with Gasteiger partial charge in [0.2, 0.25) is 0 Å². The van der Waals surface area contributed by atoms with Crippen LogP contribution in [-0.4, -0.2) is 31.8 Å². The summed E-state index contributed by atoms with van der Waals surface area (Å²) in [4.78, 5) is 6.71. The minimum atomic E-state index is 0.500. The van der Waals surface area contributed by atoms with Crippen molar-refractivity contribution in [2.45, 2.75) is 6.42 Å². The maximum Gasteiger partial charge on any atom is 0.186 e. The van der Waals surface area contributed by atoms with Gasteiger partial charge in [-0.25, -0.2) is 4.98 Å². The molecule has 0 amide bonds. The zero-order valence-corrected chi connectivity index (χ0v) is 11.1. The Morgan fingerprint density at radius 2 is 2.22 bits per heavy atom. The average molecular weight is 261 g/mol. The number of thiazole rings is 1. The highest BCUT2D eigenvalue weighted by Crippen LogP contribution is 2.28. The van der Waals surface area contributed by atoms with Crippen LogP contribution in [0.4, 0.5) is 5.13 Å². The fourth-order valence-corrected chi connectivity index (χ4v) is 2.70. The smallest absolute Gasteiger partial charge is 0.186 e. The Bertz CT molecular complexity index is 513. The number of benzene rings is 1. The number of nitrogens with zero attached hydrogens (tertiary/aromatic N) is 3. The number of ether oxygens (including phenoxy) is 1. The number of para-hydroxylation sites is 1. The third-order valence-corrected chi connectivity index (χ3v) is 3.71. The van der Waals surface area contributed by atoms with Gasteiger partial charge in [0.15, 0.2) is 5.13 Å². The minimum absolute atomic E-state index is 0.500. The molecule has 2 aromatic rings. The number of rotatable bonds is 6. The van der Waals surface area contributed by atoms with Gasteiger partial charge in [0, 0.05) is 20.2 Å². The average Bonchev–Trinajstić information content (AvgIpc) is 2.82. The first kappa shape index (κ1) is 12.8. The molecule has 0 atom stereocenters. The summed E-state index contributed by atoms with van der Waals surface area (Å²) in [5, 5.41) is 9.66. The number of hydrogen-bond acceptors (Lipinski definition) is 5. The molecule has 5 heteroatoms. The molecule has 1 heterocycles. The number of anilines is 1. The van der Waals surface area contributed by atoms with Gasteiger partial charge in [0.1, 0.15) is 0 Å². The summed E-state index contributed by atoms with van der Waals surface area (Å²) in [6.45, 7) is 2.10. The molecule has 0 N–H and O–H groups in total. The van der Waals surface area contributed by atoms with E-state index in [0.717, 1.165) is 17.2 Å². The van der Waals surface area contributed by atoms with Crippen LogP contribution in [0, 0.1) is 11.3 Å². The van der Waals surface area contributed by atoms with Gasteiger partial charge < -0.3 is 9.64 Å². The minimum Gasteiger partial charge on any atom is -0.383 e. The van der Waals surface area contributed by atoms with E-state index in [4.69, 9.17) is 10.00 Å². The van der Waals surface area contributed by atoms with Crippen molar-refractivity contribution in [2.24, 2.45) is 0 Å². The Balaban J connectivity index is 2.20. The maximum atomic E-state index is 8.70. The molecule has 0 unspecified atom stereocenters. The molecule has 0 bridgehead atoms. The molecular formula is C13H15N3OS. The molecule has 2 rings (SSSR count). The van der Waals surface area contributed by atoms with Crippen LogP contribution in [0.15, 0.2) is 24.3 Å². The van der Waals surface area contributed by atoms with E-state index >= 15 is 0 Å². The van der Waals surface area contributed by atoms with E-state index in [0.29, 0.717) is 19.6 Å². The predicted octanol–water partition coefficient (Wildman–Crippen LogP) is 2.66. The quantitative estimate of drug-likeness (QED) is 0.802. The monoisotopic (exact) mass is 261 g/mol. The van der Waals surface area contributed by atoms with E-state index in [1.54, 1.807) is 18.4 Å². The molecule has 0 aliphatic rings. The first-order chi connectivity index (χ1) is 8.85. The lowest BCUT2D eigenvalue weighted by Crippen LogP contribution is -2.27. The maximum absolute atomic E-state index is 8.70. The van der Waals surface area contributed by atoms with Crippen molar-refractivity contribution in [3.05, 3.63) is 24.3 Å². The highest BCUT2D eigenvalue weighted by molar-refractivity contribution is 7.22. The van der Waals surface area contributed by atoms with Gasteiger partial charge in [0.05, 0.1) is 29.3 Å². The van der Waals surface area contributed by atoms with E-state index in [2.05, 4.69) is 22.0 Å². The zero-order chi connectivity index (χ0) is 12.8. The highest BCUT2D eigenvalue weighted by atomic mass is 32.1. The second-order valence-corrected chi connectivity index (χ2v) is 4.86. The van der Waals surface area contributed by atoms with E-state index in [9.17, 15) is 0 Å². The van der Waals surface area contributed by atoms with Crippen LogP contribution in [0.5, 0.6) is 0 Å². The Labute approximate surface area is 110 Å². The van der Waals surface area contributed by atoms with Gasteiger partial charge in [-0.15, -0.1) is 0 Å². The van der Waals surface area contributed by atoms with Crippen molar-refractivity contribution in [3.63, 3.8) is 0 Å². The van der Waals surface area contributed by atoms with Crippen molar-refractivity contribution in [1.29, 1.82) is 5.26 Å².